The van der Waals surface area contributed by atoms with E-state index in [1.165, 1.54) is 27.7 Å². The average Bonchev–Trinajstić information content (AvgIpc) is 3.33. The highest BCUT2D eigenvalue weighted by molar-refractivity contribution is 7.99. The number of benzene rings is 1. The number of anilines is 1. The van der Waals surface area contributed by atoms with Crippen molar-refractivity contribution in [2.45, 2.75) is 18.6 Å². The van der Waals surface area contributed by atoms with Crippen LogP contribution in [0.4, 0.5) is 5.13 Å². The molecule has 0 saturated carbocycles. The van der Waals surface area contributed by atoms with E-state index in [9.17, 15) is 9.59 Å². The molecule has 0 aliphatic heterocycles. The van der Waals surface area contributed by atoms with Gasteiger partial charge in [0.15, 0.2) is 10.3 Å². The van der Waals surface area contributed by atoms with Gasteiger partial charge in [0.05, 0.1) is 21.5 Å². The standard InChI is InChI=1S/C18H17Cl2N5O2S2/c1-3-7-25(15(26)10-29-18-23-22-16(27)24(18)4-2)17-21-14(9-28-17)11-5-6-12(19)13(20)8-11/h3,5-6,8-9H,1,4,7,10H2,2H3,(H,22,27). The number of amides is 1. The number of aromatic nitrogens is 4. The van der Waals surface area contributed by atoms with Gasteiger partial charge in [-0.05, 0) is 19.1 Å². The Kier molecular flexibility index (Phi) is 7.18. The Balaban J connectivity index is 1.77. The summed E-state index contributed by atoms with van der Waals surface area (Å²) in [6, 6.07) is 5.27. The molecule has 29 heavy (non-hydrogen) atoms. The number of thioether (sulfide) groups is 1. The molecule has 0 unspecified atom stereocenters. The summed E-state index contributed by atoms with van der Waals surface area (Å²) in [5.41, 5.74) is 1.22. The number of aromatic amines is 1. The number of carbonyl (C=O) groups is 1. The number of nitrogens with one attached hydrogen (secondary N) is 1. The molecule has 0 radical (unpaired) electrons. The van der Waals surface area contributed by atoms with Crippen molar-refractivity contribution >= 4 is 57.3 Å². The number of halogens is 2. The van der Waals surface area contributed by atoms with Crippen LogP contribution in [0.3, 0.4) is 0 Å². The highest BCUT2D eigenvalue weighted by Gasteiger charge is 2.20. The van der Waals surface area contributed by atoms with Crippen molar-refractivity contribution < 1.29 is 4.79 Å². The van der Waals surface area contributed by atoms with Gasteiger partial charge in [0.25, 0.3) is 0 Å². The topological polar surface area (TPSA) is 83.9 Å². The van der Waals surface area contributed by atoms with Gasteiger partial charge in [-0.2, -0.15) is 0 Å². The predicted octanol–water partition coefficient (Wildman–Crippen LogP) is 4.33. The van der Waals surface area contributed by atoms with Crippen LogP contribution in [0.15, 0.2) is 46.2 Å². The van der Waals surface area contributed by atoms with Gasteiger partial charge in [0.1, 0.15) is 0 Å². The second-order valence-corrected chi connectivity index (χ2v) is 8.37. The van der Waals surface area contributed by atoms with Gasteiger partial charge in [-0.25, -0.2) is 14.9 Å². The summed E-state index contributed by atoms with van der Waals surface area (Å²) in [5, 5.41) is 10.1. The van der Waals surface area contributed by atoms with Crippen molar-refractivity contribution in [2.24, 2.45) is 0 Å². The second-order valence-electron chi connectivity index (χ2n) is 5.78. The molecule has 152 valence electrons. The van der Waals surface area contributed by atoms with E-state index in [1.807, 2.05) is 18.4 Å². The first-order valence-electron chi connectivity index (χ1n) is 8.54. The van der Waals surface area contributed by atoms with E-state index in [-0.39, 0.29) is 17.3 Å². The number of hydrogen-bond acceptors (Lipinski definition) is 6. The molecule has 2 aromatic heterocycles. The fourth-order valence-electron chi connectivity index (χ4n) is 2.49. The van der Waals surface area contributed by atoms with Crippen molar-refractivity contribution in [1.29, 1.82) is 0 Å². The van der Waals surface area contributed by atoms with Crippen molar-refractivity contribution in [2.75, 3.05) is 17.2 Å². The first-order chi connectivity index (χ1) is 13.9. The van der Waals surface area contributed by atoms with Gasteiger partial charge in [0.2, 0.25) is 5.91 Å². The number of carbonyl (C=O) groups excluding carboxylic acids is 1. The Hall–Kier alpha value is -2.07. The summed E-state index contributed by atoms with van der Waals surface area (Å²) in [6.07, 6.45) is 1.64. The lowest BCUT2D eigenvalue weighted by molar-refractivity contribution is -0.116. The first kappa shape index (κ1) is 21.6. The molecule has 0 aliphatic carbocycles. The van der Waals surface area contributed by atoms with Gasteiger partial charge < -0.3 is 0 Å². The molecular weight excluding hydrogens is 453 g/mol. The fourth-order valence-corrected chi connectivity index (χ4v) is 4.53. The highest BCUT2D eigenvalue weighted by Crippen LogP contribution is 2.32. The molecule has 1 aromatic carbocycles. The largest absolute Gasteiger partial charge is 0.343 e. The minimum absolute atomic E-state index is 0.111. The van der Waals surface area contributed by atoms with E-state index in [2.05, 4.69) is 21.8 Å². The van der Waals surface area contributed by atoms with Crippen molar-refractivity contribution in [3.63, 3.8) is 0 Å². The van der Waals surface area contributed by atoms with E-state index in [1.54, 1.807) is 23.1 Å². The molecular formula is C18H17Cl2N5O2S2. The average molecular weight is 470 g/mol. The van der Waals surface area contributed by atoms with Crippen LogP contribution in [-0.2, 0) is 11.3 Å². The van der Waals surface area contributed by atoms with E-state index < -0.39 is 0 Å². The molecule has 3 rings (SSSR count). The predicted molar refractivity (Wildman–Crippen MR) is 119 cm³/mol. The van der Waals surface area contributed by atoms with Crippen LogP contribution in [0.2, 0.25) is 10.0 Å². The van der Waals surface area contributed by atoms with Gasteiger partial charge in [-0.15, -0.1) is 23.0 Å². The number of rotatable bonds is 8. The maximum absolute atomic E-state index is 12.8. The summed E-state index contributed by atoms with van der Waals surface area (Å²) in [6.45, 7) is 6.35. The minimum Gasteiger partial charge on any atom is -0.284 e. The summed E-state index contributed by atoms with van der Waals surface area (Å²) < 4.78 is 1.47. The summed E-state index contributed by atoms with van der Waals surface area (Å²) in [4.78, 5) is 30.6. The Labute approximate surface area is 185 Å². The normalized spacial score (nSPS) is 10.9. The molecule has 7 nitrogen and oxygen atoms in total. The first-order valence-corrected chi connectivity index (χ1v) is 11.2. The number of nitrogens with zero attached hydrogens (tertiary/aromatic N) is 4. The Morgan fingerprint density at radius 3 is 2.90 bits per heavy atom. The maximum atomic E-state index is 12.8. The van der Waals surface area contributed by atoms with Crippen LogP contribution in [0.5, 0.6) is 0 Å². The van der Waals surface area contributed by atoms with Gasteiger partial charge in [0, 0.05) is 24.0 Å². The maximum Gasteiger partial charge on any atom is 0.343 e. The molecule has 0 saturated heterocycles. The van der Waals surface area contributed by atoms with E-state index >= 15 is 0 Å². The van der Waals surface area contributed by atoms with Crippen LogP contribution in [-0.4, -0.2) is 38.0 Å². The monoisotopic (exact) mass is 469 g/mol. The third-order valence-corrected chi connectivity index (χ3v) is 6.48. The van der Waals surface area contributed by atoms with E-state index in [0.29, 0.717) is 39.1 Å². The van der Waals surface area contributed by atoms with Crippen LogP contribution in [0.1, 0.15) is 6.92 Å². The van der Waals surface area contributed by atoms with Crippen molar-refractivity contribution in [1.82, 2.24) is 19.7 Å². The molecule has 1 N–H and O–H groups in total. The fraction of sp³-hybridized carbons (Fsp3) is 0.222. The Bertz CT molecular complexity index is 1090. The smallest absolute Gasteiger partial charge is 0.284 e. The van der Waals surface area contributed by atoms with E-state index in [4.69, 9.17) is 23.2 Å². The highest BCUT2D eigenvalue weighted by atomic mass is 35.5. The summed E-state index contributed by atoms with van der Waals surface area (Å²) in [7, 11) is 0. The molecule has 0 aliphatic rings. The van der Waals surface area contributed by atoms with Crippen molar-refractivity contribution in [3.8, 4) is 11.3 Å². The zero-order valence-corrected chi connectivity index (χ0v) is 18.5. The molecule has 0 atom stereocenters. The molecule has 3 aromatic rings. The summed E-state index contributed by atoms with van der Waals surface area (Å²) in [5.74, 6) is -0.0529. The molecule has 11 heteroatoms. The molecule has 0 bridgehead atoms. The molecule has 0 spiro atoms. The SMILES string of the molecule is C=CCN(C(=O)CSc1n[nH]c(=O)n1CC)c1nc(-c2ccc(Cl)c(Cl)c2)cs1. The Morgan fingerprint density at radius 1 is 1.41 bits per heavy atom. The minimum atomic E-state index is -0.295. The van der Waals surface area contributed by atoms with E-state index in [0.717, 1.165) is 5.56 Å². The quantitative estimate of drug-likeness (QED) is 0.391. The van der Waals surface area contributed by atoms with Crippen LogP contribution in [0, 0.1) is 0 Å². The van der Waals surface area contributed by atoms with Gasteiger partial charge >= 0.3 is 5.69 Å². The lowest BCUT2D eigenvalue weighted by Gasteiger charge is -2.17. The van der Waals surface area contributed by atoms with Crippen LogP contribution >= 0.6 is 46.3 Å². The number of thiazole rings is 1. The van der Waals surface area contributed by atoms with Crippen molar-refractivity contribution in [3.05, 3.63) is 56.8 Å². The van der Waals surface area contributed by atoms with Gasteiger partial charge in [-0.3, -0.25) is 14.3 Å². The van der Waals surface area contributed by atoms with Crippen LogP contribution < -0.4 is 10.6 Å². The molecule has 2 heterocycles. The number of hydrogen-bond donors (Lipinski definition) is 1. The number of H-pyrrole nitrogens is 1. The zero-order chi connectivity index (χ0) is 21.0. The molecule has 0 fully saturated rings. The zero-order valence-electron chi connectivity index (χ0n) is 15.4. The second kappa shape index (κ2) is 9.62. The van der Waals surface area contributed by atoms with Gasteiger partial charge in [-0.1, -0.05) is 47.1 Å². The van der Waals surface area contributed by atoms with Crippen LogP contribution in [0.25, 0.3) is 11.3 Å². The third kappa shape index (κ3) is 4.92. The lowest BCUT2D eigenvalue weighted by Crippen LogP contribution is -2.32. The molecule has 1 amide bonds. The lowest BCUT2D eigenvalue weighted by atomic mass is 10.2. The Morgan fingerprint density at radius 2 is 2.21 bits per heavy atom. The summed E-state index contributed by atoms with van der Waals surface area (Å²) >= 11 is 14.6. The third-order valence-electron chi connectivity index (χ3n) is 3.92.